The van der Waals surface area contributed by atoms with Crippen LogP contribution in [0.15, 0.2) is 83.5 Å². The molecule has 4 rings (SSSR count). The highest BCUT2D eigenvalue weighted by Gasteiger charge is 2.19. The second-order valence-corrected chi connectivity index (χ2v) is 8.16. The molecule has 0 saturated heterocycles. The summed E-state index contributed by atoms with van der Waals surface area (Å²) in [5.41, 5.74) is 4.26. The van der Waals surface area contributed by atoms with Crippen LogP contribution in [0, 0.1) is 0 Å². The molecule has 152 valence electrons. The Labute approximate surface area is 184 Å². The lowest BCUT2D eigenvalue weighted by Gasteiger charge is -2.20. The Hall–Kier alpha value is -3.05. The van der Waals surface area contributed by atoms with Gasteiger partial charge < -0.3 is 14.2 Å². The second-order valence-electron chi connectivity index (χ2n) is 7.24. The van der Waals surface area contributed by atoms with Gasteiger partial charge in [0.1, 0.15) is 5.75 Å². The minimum absolute atomic E-state index is 0.0188. The van der Waals surface area contributed by atoms with Gasteiger partial charge in [0.05, 0.1) is 24.9 Å². The van der Waals surface area contributed by atoms with Crippen LogP contribution in [0.5, 0.6) is 5.75 Å². The molecule has 0 radical (unpaired) electrons. The quantitative estimate of drug-likeness (QED) is 0.351. The molecule has 1 aromatic heterocycles. The van der Waals surface area contributed by atoms with E-state index in [1.54, 1.807) is 14.0 Å². The Morgan fingerprint density at radius 1 is 1.00 bits per heavy atom. The molecule has 0 fully saturated rings. The van der Waals surface area contributed by atoms with Gasteiger partial charge in [0, 0.05) is 29.5 Å². The average molecular weight is 463 g/mol. The summed E-state index contributed by atoms with van der Waals surface area (Å²) in [5.74, 6) is 0.857. The number of methoxy groups -OCH3 is 1. The van der Waals surface area contributed by atoms with Crippen molar-refractivity contribution in [1.82, 2.24) is 4.57 Å². The molecule has 1 heterocycles. The average Bonchev–Trinajstić information content (AvgIpc) is 3.10. The molecule has 3 aromatic carbocycles. The molecule has 0 bridgehead atoms. The summed E-state index contributed by atoms with van der Waals surface area (Å²) >= 11 is 3.59. The van der Waals surface area contributed by atoms with Crippen molar-refractivity contribution in [1.29, 1.82) is 0 Å². The minimum atomic E-state index is 0.0188. The summed E-state index contributed by atoms with van der Waals surface area (Å²) in [5, 5.41) is 1.05. The van der Waals surface area contributed by atoms with Gasteiger partial charge in [-0.05, 0) is 41.5 Å². The highest BCUT2D eigenvalue weighted by Crippen LogP contribution is 2.33. The van der Waals surface area contributed by atoms with Gasteiger partial charge in [0.15, 0.2) is 0 Å². The van der Waals surface area contributed by atoms with Crippen molar-refractivity contribution in [3.8, 4) is 5.75 Å². The van der Waals surface area contributed by atoms with Crippen LogP contribution < -0.4 is 9.64 Å². The number of carbonyl (C=O) groups is 1. The molecule has 30 heavy (non-hydrogen) atoms. The fourth-order valence-corrected chi connectivity index (χ4v) is 4.00. The predicted octanol–water partition coefficient (Wildman–Crippen LogP) is 6.01. The van der Waals surface area contributed by atoms with E-state index in [0.29, 0.717) is 13.1 Å². The molecule has 4 aromatic rings. The van der Waals surface area contributed by atoms with Gasteiger partial charge in [-0.1, -0.05) is 58.4 Å². The molecular weight excluding hydrogens is 440 g/mol. The molecule has 5 heteroatoms. The molecule has 0 atom stereocenters. The number of anilines is 1. The Kier molecular flexibility index (Phi) is 5.91. The summed E-state index contributed by atoms with van der Waals surface area (Å²) < 4.78 is 8.47. The standard InChI is InChI=1S/C25H23BrN2O2/c1-18(29)28(16-19-6-4-3-5-7-19)25-17-27(24-14-21(26)10-13-23(24)25)15-20-8-11-22(30-2)12-9-20/h3-14,17H,15-16H2,1-2H3. The first-order valence-electron chi connectivity index (χ1n) is 9.78. The first-order valence-corrected chi connectivity index (χ1v) is 10.6. The van der Waals surface area contributed by atoms with E-state index in [4.69, 9.17) is 4.74 Å². The third kappa shape index (κ3) is 4.26. The number of aromatic nitrogens is 1. The largest absolute Gasteiger partial charge is 0.497 e. The van der Waals surface area contributed by atoms with Crippen molar-refractivity contribution in [2.45, 2.75) is 20.0 Å². The number of benzene rings is 3. The zero-order valence-electron chi connectivity index (χ0n) is 17.0. The predicted molar refractivity (Wildman–Crippen MR) is 125 cm³/mol. The van der Waals surface area contributed by atoms with E-state index in [9.17, 15) is 4.79 Å². The maximum atomic E-state index is 12.6. The maximum absolute atomic E-state index is 12.6. The van der Waals surface area contributed by atoms with Crippen molar-refractivity contribution >= 4 is 38.4 Å². The summed E-state index contributed by atoms with van der Waals surface area (Å²) in [4.78, 5) is 14.4. The SMILES string of the molecule is COc1ccc(Cn2cc(N(Cc3ccccc3)C(C)=O)c3ccc(Br)cc32)cc1. The van der Waals surface area contributed by atoms with Crippen LogP contribution in [0.25, 0.3) is 10.9 Å². The van der Waals surface area contributed by atoms with E-state index in [-0.39, 0.29) is 5.91 Å². The van der Waals surface area contributed by atoms with Crippen LogP contribution in [0.4, 0.5) is 5.69 Å². The summed E-state index contributed by atoms with van der Waals surface area (Å²) in [6, 6.07) is 24.3. The van der Waals surface area contributed by atoms with Crippen LogP contribution in [0.3, 0.4) is 0 Å². The number of rotatable bonds is 6. The minimum Gasteiger partial charge on any atom is -0.497 e. The highest BCUT2D eigenvalue weighted by atomic mass is 79.9. The molecule has 0 unspecified atom stereocenters. The van der Waals surface area contributed by atoms with Crippen molar-refractivity contribution < 1.29 is 9.53 Å². The number of hydrogen-bond acceptors (Lipinski definition) is 2. The third-order valence-corrected chi connectivity index (χ3v) is 5.68. The van der Waals surface area contributed by atoms with Gasteiger partial charge in [-0.3, -0.25) is 4.79 Å². The zero-order valence-corrected chi connectivity index (χ0v) is 18.6. The van der Waals surface area contributed by atoms with E-state index in [1.165, 1.54) is 0 Å². The number of carbonyl (C=O) groups excluding carboxylic acids is 1. The molecule has 0 aliphatic rings. The molecule has 0 aliphatic heterocycles. The molecule has 0 N–H and O–H groups in total. The van der Waals surface area contributed by atoms with Gasteiger partial charge in [-0.15, -0.1) is 0 Å². The molecule has 0 aliphatic carbocycles. The lowest BCUT2D eigenvalue weighted by atomic mass is 10.1. The van der Waals surface area contributed by atoms with Crippen molar-refractivity contribution in [2.24, 2.45) is 0 Å². The molecule has 1 amide bonds. The van der Waals surface area contributed by atoms with E-state index in [0.717, 1.165) is 37.9 Å². The van der Waals surface area contributed by atoms with E-state index in [2.05, 4.69) is 51.0 Å². The fourth-order valence-electron chi connectivity index (χ4n) is 3.65. The van der Waals surface area contributed by atoms with E-state index < -0.39 is 0 Å². The normalized spacial score (nSPS) is 10.9. The Morgan fingerprint density at radius 2 is 1.73 bits per heavy atom. The number of hydrogen-bond donors (Lipinski definition) is 0. The van der Waals surface area contributed by atoms with Gasteiger partial charge >= 0.3 is 0 Å². The summed E-state index contributed by atoms with van der Waals surface area (Å²) in [6.07, 6.45) is 2.08. The van der Waals surface area contributed by atoms with Gasteiger partial charge in [0.2, 0.25) is 5.91 Å². The van der Waals surface area contributed by atoms with E-state index >= 15 is 0 Å². The number of halogens is 1. The Morgan fingerprint density at radius 3 is 2.40 bits per heavy atom. The van der Waals surface area contributed by atoms with Gasteiger partial charge in [-0.2, -0.15) is 0 Å². The fraction of sp³-hybridized carbons (Fsp3) is 0.160. The number of amides is 1. The lowest BCUT2D eigenvalue weighted by Crippen LogP contribution is -2.27. The van der Waals surface area contributed by atoms with Crippen LogP contribution >= 0.6 is 15.9 Å². The smallest absolute Gasteiger partial charge is 0.224 e. The first kappa shape index (κ1) is 20.2. The first-order chi connectivity index (χ1) is 14.5. The molecule has 0 spiro atoms. The summed E-state index contributed by atoms with van der Waals surface area (Å²) in [6.45, 7) is 2.86. The third-order valence-electron chi connectivity index (χ3n) is 5.19. The summed E-state index contributed by atoms with van der Waals surface area (Å²) in [7, 11) is 1.67. The van der Waals surface area contributed by atoms with Crippen LogP contribution in [-0.4, -0.2) is 17.6 Å². The van der Waals surface area contributed by atoms with E-state index in [1.807, 2.05) is 53.4 Å². The Balaban J connectivity index is 1.76. The van der Waals surface area contributed by atoms with Crippen LogP contribution in [0.1, 0.15) is 18.1 Å². The van der Waals surface area contributed by atoms with Crippen LogP contribution in [-0.2, 0) is 17.9 Å². The lowest BCUT2D eigenvalue weighted by molar-refractivity contribution is -0.116. The Bertz CT molecular complexity index is 1170. The number of nitrogens with zero attached hydrogens (tertiary/aromatic N) is 2. The molecule has 0 saturated carbocycles. The number of fused-ring (bicyclic) bond motifs is 1. The number of ether oxygens (including phenoxy) is 1. The topological polar surface area (TPSA) is 34.5 Å². The molecule has 4 nitrogen and oxygen atoms in total. The van der Waals surface area contributed by atoms with Crippen LogP contribution in [0.2, 0.25) is 0 Å². The van der Waals surface area contributed by atoms with Crippen molar-refractivity contribution in [3.63, 3.8) is 0 Å². The van der Waals surface area contributed by atoms with Crippen molar-refractivity contribution in [3.05, 3.63) is 94.6 Å². The monoisotopic (exact) mass is 462 g/mol. The van der Waals surface area contributed by atoms with Crippen molar-refractivity contribution in [2.75, 3.05) is 12.0 Å². The molecular formula is C25H23BrN2O2. The maximum Gasteiger partial charge on any atom is 0.224 e. The highest BCUT2D eigenvalue weighted by molar-refractivity contribution is 9.10. The van der Waals surface area contributed by atoms with Gasteiger partial charge in [0.25, 0.3) is 0 Å². The second kappa shape index (κ2) is 8.76. The zero-order chi connectivity index (χ0) is 21.1. The van der Waals surface area contributed by atoms with Gasteiger partial charge in [-0.25, -0.2) is 0 Å².